The predicted molar refractivity (Wildman–Crippen MR) is 210 cm³/mol. The van der Waals surface area contributed by atoms with E-state index in [4.69, 9.17) is 11.5 Å². The van der Waals surface area contributed by atoms with Crippen LogP contribution in [0.1, 0.15) is 41.5 Å². The Labute approximate surface area is 282 Å². The summed E-state index contributed by atoms with van der Waals surface area (Å²) < 4.78 is 0. The number of thioether (sulfide) groups is 2. The Morgan fingerprint density at radius 3 is 2.17 bits per heavy atom. The predicted octanol–water partition coefficient (Wildman–Crippen LogP) is 10.9. The summed E-state index contributed by atoms with van der Waals surface area (Å²) in [5, 5.41) is 8.70. The van der Waals surface area contributed by atoms with Crippen LogP contribution in [0.3, 0.4) is 0 Å². The molecule has 0 saturated heterocycles. The third-order valence-corrected chi connectivity index (χ3v) is 9.69. The maximum atomic E-state index is 6.09. The number of aryl methyl sites for hydroxylation is 1. The average Bonchev–Trinajstić information content (AvgIpc) is 3.10. The molecule has 1 aliphatic rings. The van der Waals surface area contributed by atoms with Gasteiger partial charge < -0.3 is 11.5 Å². The Balaban J connectivity index is 1.74. The van der Waals surface area contributed by atoms with E-state index in [1.54, 1.807) is 42.1 Å². The van der Waals surface area contributed by atoms with Gasteiger partial charge in [-0.2, -0.15) is 0 Å². The molecule has 3 nitrogen and oxygen atoms in total. The van der Waals surface area contributed by atoms with E-state index in [0.29, 0.717) is 0 Å². The number of allylic oxidation sites excluding steroid dienone is 7. The Morgan fingerprint density at radius 2 is 1.46 bits per heavy atom. The molecule has 4 aromatic rings. The minimum atomic E-state index is 0.885. The molecule has 0 heterocycles. The first-order valence-corrected chi connectivity index (χ1v) is 17.7. The van der Waals surface area contributed by atoms with Gasteiger partial charge in [0.15, 0.2) is 0 Å². The summed E-state index contributed by atoms with van der Waals surface area (Å²) in [5.74, 6) is 1.87. The molecular weight excluding hydrogens is 599 g/mol. The summed E-state index contributed by atoms with van der Waals surface area (Å²) in [7, 11) is 0. The minimum Gasteiger partial charge on any atom is -0.405 e. The van der Waals surface area contributed by atoms with Crippen LogP contribution in [0.4, 0.5) is 0 Å². The molecule has 4 aromatic carbocycles. The minimum absolute atomic E-state index is 0.885. The van der Waals surface area contributed by atoms with E-state index in [1.807, 2.05) is 23.0 Å². The molecule has 46 heavy (non-hydrogen) atoms. The van der Waals surface area contributed by atoms with Crippen LogP contribution in [-0.2, 0) is 6.42 Å². The summed E-state index contributed by atoms with van der Waals surface area (Å²) in [6.45, 7) is 7.78. The molecule has 4 N–H and O–H groups in total. The number of rotatable bonds is 14. The summed E-state index contributed by atoms with van der Waals surface area (Å²) >= 11 is 3.44. The van der Waals surface area contributed by atoms with Crippen LogP contribution in [0.5, 0.6) is 0 Å². The second-order valence-electron chi connectivity index (χ2n) is 10.9. The van der Waals surface area contributed by atoms with E-state index in [9.17, 15) is 0 Å². The lowest BCUT2D eigenvalue weighted by atomic mass is 9.83. The molecule has 0 unspecified atom stereocenters. The van der Waals surface area contributed by atoms with Gasteiger partial charge in [-0.15, -0.1) is 23.5 Å². The fourth-order valence-corrected chi connectivity index (χ4v) is 7.14. The smallest absolute Gasteiger partial charge is 0.0323 e. The lowest BCUT2D eigenvalue weighted by Gasteiger charge is -2.20. The van der Waals surface area contributed by atoms with Crippen molar-refractivity contribution in [2.24, 2.45) is 16.5 Å². The highest BCUT2D eigenvalue weighted by molar-refractivity contribution is 8.02. The van der Waals surface area contributed by atoms with E-state index in [0.717, 1.165) is 48.3 Å². The van der Waals surface area contributed by atoms with Gasteiger partial charge in [0.05, 0.1) is 0 Å². The van der Waals surface area contributed by atoms with Gasteiger partial charge in [0.2, 0.25) is 0 Å². The normalized spacial score (nSPS) is 13.8. The third kappa shape index (κ3) is 7.67. The first kappa shape index (κ1) is 32.9. The van der Waals surface area contributed by atoms with Crippen LogP contribution in [0, 0.1) is 0 Å². The molecule has 0 fully saturated rings. The van der Waals surface area contributed by atoms with Crippen LogP contribution >= 0.6 is 23.5 Å². The van der Waals surface area contributed by atoms with Crippen LogP contribution in [-0.4, -0.2) is 18.2 Å². The lowest BCUT2D eigenvalue weighted by molar-refractivity contribution is 0.986. The van der Waals surface area contributed by atoms with Gasteiger partial charge in [0.1, 0.15) is 0 Å². The molecular formula is C41H41N3S2. The molecule has 0 aliphatic heterocycles. The van der Waals surface area contributed by atoms with Gasteiger partial charge >= 0.3 is 0 Å². The quantitative estimate of drug-likeness (QED) is 0.0624. The van der Waals surface area contributed by atoms with Gasteiger partial charge in [-0.05, 0) is 128 Å². The topological polar surface area (TPSA) is 64.4 Å². The van der Waals surface area contributed by atoms with Crippen molar-refractivity contribution in [3.8, 4) is 11.1 Å². The zero-order valence-electron chi connectivity index (χ0n) is 26.2. The molecule has 0 spiro atoms. The summed E-state index contributed by atoms with van der Waals surface area (Å²) in [4.78, 5) is 3.81. The molecule has 0 radical (unpaired) electrons. The Morgan fingerprint density at radius 1 is 0.783 bits per heavy atom. The zero-order chi connectivity index (χ0) is 32.1. The number of fused-ring (bicyclic) bond motifs is 3. The average molecular weight is 640 g/mol. The Bertz CT molecular complexity index is 1910. The van der Waals surface area contributed by atoms with Crippen molar-refractivity contribution in [2.75, 3.05) is 11.5 Å². The largest absolute Gasteiger partial charge is 0.405 e. The van der Waals surface area contributed by atoms with Gasteiger partial charge in [-0.1, -0.05) is 91.6 Å². The zero-order valence-corrected chi connectivity index (χ0v) is 27.8. The monoisotopic (exact) mass is 639 g/mol. The Hall–Kier alpha value is -4.45. The second kappa shape index (κ2) is 16.7. The standard InChI is InChI=1S/C41H41N3S2/c1-3-30(12-8-25-46-27-23-44-2)40-36-14-6-7-15-37(36)41(32(20-21-42)13-9-24-45-26-22-43)39-29-35(18-19-38(39)40)34-17-16-31-10-4-5-11-33(31)28-34/h3-4,6-7,10,12-23,26-29H,1-2,5,8-9,11,24-25,42-43H2/b21-20-,26-22-,27-23-,30-12+,32-13+. The molecule has 1 aliphatic carbocycles. The molecule has 0 amide bonds. The number of benzene rings is 4. The maximum absolute atomic E-state index is 6.09. The second-order valence-corrected chi connectivity index (χ2v) is 12.9. The molecule has 0 aromatic heterocycles. The highest BCUT2D eigenvalue weighted by Crippen LogP contribution is 2.42. The number of hydrogen-bond donors (Lipinski definition) is 2. The van der Waals surface area contributed by atoms with Crippen molar-refractivity contribution < 1.29 is 0 Å². The van der Waals surface area contributed by atoms with Crippen LogP contribution < -0.4 is 11.5 Å². The van der Waals surface area contributed by atoms with E-state index < -0.39 is 0 Å². The fraction of sp³-hybridized carbons (Fsp3) is 0.146. The van der Waals surface area contributed by atoms with Crippen molar-refractivity contribution in [2.45, 2.75) is 25.7 Å². The van der Waals surface area contributed by atoms with Gasteiger partial charge in [0, 0.05) is 23.9 Å². The molecule has 0 atom stereocenters. The fourth-order valence-electron chi connectivity index (χ4n) is 6.08. The van der Waals surface area contributed by atoms with E-state index in [2.05, 4.69) is 103 Å². The van der Waals surface area contributed by atoms with Crippen molar-refractivity contribution in [1.29, 1.82) is 0 Å². The number of nitrogens with zero attached hydrogens (tertiary/aromatic N) is 1. The van der Waals surface area contributed by atoms with Gasteiger partial charge in [0.25, 0.3) is 0 Å². The van der Waals surface area contributed by atoms with Crippen LogP contribution in [0.2, 0.25) is 0 Å². The lowest BCUT2D eigenvalue weighted by Crippen LogP contribution is -1.97. The first-order valence-electron chi connectivity index (χ1n) is 15.6. The highest BCUT2D eigenvalue weighted by Gasteiger charge is 2.18. The first-order chi connectivity index (χ1) is 22.7. The highest BCUT2D eigenvalue weighted by atomic mass is 32.2. The van der Waals surface area contributed by atoms with Crippen LogP contribution in [0.15, 0.2) is 132 Å². The SMILES string of the molecule is C=C/C(=C\CCS/C=C\N=C)c1c2ccccc2c(C(/C=C\N)=C/CCS/C=C\N)c2cc(-c3ccc4c(c3)CCC=C4)ccc12. The maximum Gasteiger partial charge on any atom is 0.0323 e. The van der Waals surface area contributed by atoms with Gasteiger partial charge in [-0.3, -0.25) is 4.99 Å². The van der Waals surface area contributed by atoms with E-state index in [1.165, 1.54) is 54.9 Å². The van der Waals surface area contributed by atoms with E-state index in [-0.39, 0.29) is 0 Å². The number of nitrogens with two attached hydrogens (primary N) is 2. The number of aliphatic imine (C=N–C) groups is 1. The van der Waals surface area contributed by atoms with Crippen molar-refractivity contribution in [3.05, 3.63) is 149 Å². The summed E-state index contributed by atoms with van der Waals surface area (Å²) in [6, 6.07) is 22.5. The number of hydrogen-bond acceptors (Lipinski definition) is 5. The third-order valence-electron chi connectivity index (χ3n) is 8.09. The molecule has 0 bridgehead atoms. The van der Waals surface area contributed by atoms with Crippen molar-refractivity contribution in [3.63, 3.8) is 0 Å². The van der Waals surface area contributed by atoms with Gasteiger partial charge in [-0.25, -0.2) is 0 Å². The van der Waals surface area contributed by atoms with E-state index >= 15 is 0 Å². The molecule has 0 saturated carbocycles. The van der Waals surface area contributed by atoms with Crippen molar-refractivity contribution in [1.82, 2.24) is 0 Å². The molecule has 232 valence electrons. The molecule has 5 rings (SSSR count). The molecule has 5 heteroatoms. The van der Waals surface area contributed by atoms with Crippen LogP contribution in [0.25, 0.3) is 49.9 Å². The van der Waals surface area contributed by atoms with Crippen molar-refractivity contribution >= 4 is 69.0 Å². The summed E-state index contributed by atoms with van der Waals surface area (Å²) in [5.41, 5.74) is 21.5. The summed E-state index contributed by atoms with van der Waals surface area (Å²) in [6.07, 6.45) is 22.1. The Kier molecular flexibility index (Phi) is 12.0.